The average molecular weight is 419 g/mol. The van der Waals surface area contributed by atoms with E-state index in [0.717, 1.165) is 26.1 Å². The average Bonchev–Trinajstić information content (AvgIpc) is 3.20. The summed E-state index contributed by atoms with van der Waals surface area (Å²) in [6, 6.07) is 0. The number of allylic oxidation sites excluding steroid dienone is 2. The third-order valence-electron chi connectivity index (χ3n) is 9.30. The van der Waals surface area contributed by atoms with E-state index in [2.05, 4.69) is 60.4 Å². The molecule has 0 radical (unpaired) electrons. The Morgan fingerprint density at radius 3 is 2.38 bits per heavy atom. The zero-order valence-electron chi connectivity index (χ0n) is 19.8. The smallest absolute Gasteiger partial charge is 0.192 e. The van der Waals surface area contributed by atoms with Crippen LogP contribution in [0.15, 0.2) is 23.8 Å². The van der Waals surface area contributed by atoms with Crippen LogP contribution in [0.25, 0.3) is 0 Å². The van der Waals surface area contributed by atoms with Crippen LogP contribution in [0.1, 0.15) is 73.1 Å². The Morgan fingerprint density at radius 2 is 1.79 bits per heavy atom. The third kappa shape index (κ3) is 3.08. The molecule has 0 aromatic heterocycles. The summed E-state index contributed by atoms with van der Waals surface area (Å²) in [6.45, 7) is 22.4. The lowest BCUT2D eigenvalue weighted by Gasteiger charge is -2.55. The van der Waals surface area contributed by atoms with Crippen molar-refractivity contribution in [3.63, 3.8) is 0 Å². The van der Waals surface area contributed by atoms with Gasteiger partial charge in [0.2, 0.25) is 0 Å². The fourth-order valence-corrected chi connectivity index (χ4v) is 7.81. The molecule has 0 unspecified atom stereocenters. The molecule has 0 amide bonds. The first-order valence-electron chi connectivity index (χ1n) is 11.7. The van der Waals surface area contributed by atoms with E-state index in [1.165, 1.54) is 25.7 Å². The minimum atomic E-state index is -1.92. The van der Waals surface area contributed by atoms with Crippen LogP contribution in [0, 0.1) is 16.7 Å². The van der Waals surface area contributed by atoms with E-state index in [1.54, 1.807) is 11.1 Å². The molecule has 2 fully saturated rings. The summed E-state index contributed by atoms with van der Waals surface area (Å²) in [5.41, 5.74) is 3.28. The van der Waals surface area contributed by atoms with Gasteiger partial charge in [0.25, 0.3) is 0 Å². The Bertz CT molecular complexity index is 712. The molecule has 0 aromatic rings. The first-order valence-corrected chi connectivity index (χ1v) is 14.6. The normalized spacial score (nSPS) is 39.6. The topological polar surface area (TPSA) is 27.7 Å². The minimum Gasteiger partial charge on any atom is -0.410 e. The van der Waals surface area contributed by atoms with Crippen LogP contribution < -0.4 is 0 Å². The number of rotatable bonds is 3. The molecular weight excluding hydrogens is 376 g/mol. The zero-order chi connectivity index (χ0) is 21.3. The highest BCUT2D eigenvalue weighted by atomic mass is 28.4. The molecule has 3 aliphatic carbocycles. The molecule has 0 bridgehead atoms. The summed E-state index contributed by atoms with van der Waals surface area (Å²) >= 11 is 0. The van der Waals surface area contributed by atoms with E-state index in [-0.39, 0.29) is 22.0 Å². The maximum absolute atomic E-state index is 7.21. The second kappa shape index (κ2) is 6.79. The lowest BCUT2D eigenvalue weighted by Crippen LogP contribution is -2.55. The van der Waals surface area contributed by atoms with Crippen molar-refractivity contribution in [2.45, 2.75) is 103 Å². The standard InChI is InChI=1S/C25H42O3Si/c1-9-23(5)13-10-11-18-19-12-14-25(26-15-16-27-25)24(19,6)17-20(21(18)23)28-29(7,8)22(2,3)4/h9,19-20H,1,10-17H2,2-8H3/t19-,20+,23-,24-/m0/s1. The van der Waals surface area contributed by atoms with Crippen molar-refractivity contribution in [1.29, 1.82) is 0 Å². The molecule has 4 heteroatoms. The van der Waals surface area contributed by atoms with Gasteiger partial charge in [-0.05, 0) is 61.7 Å². The van der Waals surface area contributed by atoms with E-state index in [0.29, 0.717) is 5.92 Å². The molecule has 4 aliphatic rings. The molecular formula is C25H42O3Si. The molecule has 1 saturated carbocycles. The molecule has 0 aromatic carbocycles. The Hall–Kier alpha value is -0.423. The molecule has 1 heterocycles. The highest BCUT2D eigenvalue weighted by Gasteiger charge is 2.65. The van der Waals surface area contributed by atoms with Crippen molar-refractivity contribution < 1.29 is 13.9 Å². The second-order valence-corrected chi connectivity index (χ2v) is 16.7. The quantitative estimate of drug-likeness (QED) is 0.381. The predicted octanol–water partition coefficient (Wildman–Crippen LogP) is 6.61. The van der Waals surface area contributed by atoms with Crippen molar-refractivity contribution in [1.82, 2.24) is 0 Å². The highest BCUT2D eigenvalue weighted by Crippen LogP contribution is 2.66. The molecule has 4 rings (SSSR count). The van der Waals surface area contributed by atoms with Crippen LogP contribution in [-0.4, -0.2) is 33.4 Å². The maximum Gasteiger partial charge on any atom is 0.192 e. The molecule has 1 spiro atoms. The predicted molar refractivity (Wildman–Crippen MR) is 121 cm³/mol. The Kier molecular flexibility index (Phi) is 5.10. The second-order valence-electron chi connectivity index (χ2n) is 11.9. The first-order chi connectivity index (χ1) is 13.4. The Balaban J connectivity index is 1.83. The zero-order valence-corrected chi connectivity index (χ0v) is 20.8. The van der Waals surface area contributed by atoms with E-state index in [9.17, 15) is 0 Å². The van der Waals surface area contributed by atoms with Gasteiger partial charge in [0.05, 0.1) is 19.3 Å². The van der Waals surface area contributed by atoms with Gasteiger partial charge in [0.1, 0.15) is 0 Å². The molecule has 4 atom stereocenters. The number of ether oxygens (including phenoxy) is 2. The summed E-state index contributed by atoms with van der Waals surface area (Å²) in [5.74, 6) is 0.141. The highest BCUT2D eigenvalue weighted by molar-refractivity contribution is 6.74. The van der Waals surface area contributed by atoms with Crippen molar-refractivity contribution in [3.8, 4) is 0 Å². The van der Waals surface area contributed by atoms with Crippen molar-refractivity contribution in [2.75, 3.05) is 13.2 Å². The lowest BCUT2D eigenvalue weighted by atomic mass is 9.56. The van der Waals surface area contributed by atoms with Crippen LogP contribution in [0.5, 0.6) is 0 Å². The summed E-state index contributed by atoms with van der Waals surface area (Å²) < 4.78 is 19.9. The monoisotopic (exact) mass is 418 g/mol. The summed E-state index contributed by atoms with van der Waals surface area (Å²) in [7, 11) is -1.92. The summed E-state index contributed by atoms with van der Waals surface area (Å²) in [5, 5.41) is 0.193. The summed E-state index contributed by atoms with van der Waals surface area (Å²) in [4.78, 5) is 0. The van der Waals surface area contributed by atoms with Gasteiger partial charge in [-0.15, -0.1) is 6.58 Å². The van der Waals surface area contributed by atoms with Crippen molar-refractivity contribution in [3.05, 3.63) is 23.8 Å². The van der Waals surface area contributed by atoms with Gasteiger partial charge in [-0.2, -0.15) is 0 Å². The van der Waals surface area contributed by atoms with Gasteiger partial charge in [-0.3, -0.25) is 0 Å². The van der Waals surface area contributed by atoms with Crippen molar-refractivity contribution in [2.24, 2.45) is 16.7 Å². The summed E-state index contributed by atoms with van der Waals surface area (Å²) in [6.07, 6.45) is 9.19. The van der Waals surface area contributed by atoms with E-state index < -0.39 is 14.1 Å². The molecule has 1 aliphatic heterocycles. The van der Waals surface area contributed by atoms with Crippen LogP contribution >= 0.6 is 0 Å². The van der Waals surface area contributed by atoms with Gasteiger partial charge in [-0.1, -0.05) is 46.3 Å². The van der Waals surface area contributed by atoms with Crippen LogP contribution in [0.4, 0.5) is 0 Å². The molecule has 1 saturated heterocycles. The molecule has 164 valence electrons. The SMILES string of the molecule is C=C[C@@]1(C)CCCC2=C1[C@H](O[Si](C)(C)C(C)(C)C)C[C@@]1(C)[C@H]2CCC12OCCO2. The molecule has 0 N–H and O–H groups in total. The van der Waals surface area contributed by atoms with Gasteiger partial charge in [-0.25, -0.2) is 0 Å². The maximum atomic E-state index is 7.21. The van der Waals surface area contributed by atoms with Crippen LogP contribution in [0.3, 0.4) is 0 Å². The van der Waals surface area contributed by atoms with Gasteiger partial charge in [0.15, 0.2) is 14.1 Å². The molecule has 3 nitrogen and oxygen atoms in total. The Morgan fingerprint density at radius 1 is 1.14 bits per heavy atom. The Labute approximate surface area is 179 Å². The third-order valence-corrected chi connectivity index (χ3v) is 13.8. The fourth-order valence-electron chi connectivity index (χ4n) is 6.54. The van der Waals surface area contributed by atoms with Gasteiger partial charge < -0.3 is 13.9 Å². The minimum absolute atomic E-state index is 0.00517. The molecule has 29 heavy (non-hydrogen) atoms. The fraction of sp³-hybridized carbons (Fsp3) is 0.840. The number of fused-ring (bicyclic) bond motifs is 3. The number of hydrogen-bond donors (Lipinski definition) is 0. The number of hydrogen-bond acceptors (Lipinski definition) is 3. The first kappa shape index (κ1) is 21.8. The van der Waals surface area contributed by atoms with Crippen molar-refractivity contribution >= 4 is 8.32 Å². The lowest BCUT2D eigenvalue weighted by molar-refractivity contribution is -0.231. The van der Waals surface area contributed by atoms with Crippen LogP contribution in [-0.2, 0) is 13.9 Å². The van der Waals surface area contributed by atoms with E-state index in [4.69, 9.17) is 13.9 Å². The van der Waals surface area contributed by atoms with Crippen LogP contribution in [0.2, 0.25) is 18.1 Å². The van der Waals surface area contributed by atoms with E-state index in [1.807, 2.05) is 0 Å². The van der Waals surface area contributed by atoms with E-state index >= 15 is 0 Å². The largest absolute Gasteiger partial charge is 0.410 e. The van der Waals surface area contributed by atoms with Gasteiger partial charge >= 0.3 is 0 Å². The van der Waals surface area contributed by atoms with Gasteiger partial charge in [0, 0.05) is 17.3 Å².